The standard InChI is InChI=1S/C23H22F2N4O/c24-17-10-18(25)12-20(11-17)29-23(30)16-8-6-15(7-9-16)21-13-22(27-14-26-21)28-19-4-2-1-3-5-19/h6-14,19H,1-5H2,(H,29,30)(H,26,27,28). The molecule has 4 rings (SSSR count). The summed E-state index contributed by atoms with van der Waals surface area (Å²) in [5, 5.41) is 5.98. The van der Waals surface area contributed by atoms with Crippen molar-refractivity contribution in [3.05, 3.63) is 72.1 Å². The summed E-state index contributed by atoms with van der Waals surface area (Å²) in [5.41, 5.74) is 2.04. The Labute approximate surface area is 173 Å². The molecule has 1 saturated carbocycles. The van der Waals surface area contributed by atoms with Crippen molar-refractivity contribution in [1.82, 2.24) is 9.97 Å². The smallest absolute Gasteiger partial charge is 0.255 e. The normalized spacial score (nSPS) is 14.3. The minimum absolute atomic E-state index is 0.0656. The van der Waals surface area contributed by atoms with Gasteiger partial charge < -0.3 is 10.6 Å². The Balaban J connectivity index is 1.45. The van der Waals surface area contributed by atoms with Crippen LogP contribution in [-0.2, 0) is 0 Å². The number of anilines is 2. The average Bonchev–Trinajstić information content (AvgIpc) is 2.74. The number of amides is 1. The highest BCUT2D eigenvalue weighted by Crippen LogP contribution is 2.24. The zero-order valence-corrected chi connectivity index (χ0v) is 16.4. The molecule has 30 heavy (non-hydrogen) atoms. The third-order valence-corrected chi connectivity index (χ3v) is 5.19. The molecule has 1 aliphatic carbocycles. The van der Waals surface area contributed by atoms with Crippen LogP contribution >= 0.6 is 0 Å². The quantitative estimate of drug-likeness (QED) is 0.592. The van der Waals surface area contributed by atoms with Crippen molar-refractivity contribution >= 4 is 17.4 Å². The maximum atomic E-state index is 13.3. The van der Waals surface area contributed by atoms with Crippen LogP contribution in [0.5, 0.6) is 0 Å². The van der Waals surface area contributed by atoms with E-state index < -0.39 is 17.5 Å². The van der Waals surface area contributed by atoms with Crippen molar-refractivity contribution < 1.29 is 13.6 Å². The largest absolute Gasteiger partial charge is 0.367 e. The number of aromatic nitrogens is 2. The van der Waals surface area contributed by atoms with Gasteiger partial charge in [0.25, 0.3) is 5.91 Å². The van der Waals surface area contributed by atoms with Gasteiger partial charge in [-0.05, 0) is 37.1 Å². The fourth-order valence-corrected chi connectivity index (χ4v) is 3.67. The summed E-state index contributed by atoms with van der Waals surface area (Å²) >= 11 is 0. The molecule has 1 aliphatic rings. The highest BCUT2D eigenvalue weighted by molar-refractivity contribution is 6.04. The molecule has 0 spiro atoms. The summed E-state index contributed by atoms with van der Waals surface area (Å²) in [7, 11) is 0. The van der Waals surface area contributed by atoms with Gasteiger partial charge in [0.1, 0.15) is 23.8 Å². The molecule has 2 aromatic carbocycles. The third kappa shape index (κ3) is 4.97. The molecule has 0 radical (unpaired) electrons. The number of rotatable bonds is 5. The lowest BCUT2D eigenvalue weighted by atomic mass is 9.95. The molecular weight excluding hydrogens is 386 g/mol. The number of hydrogen-bond acceptors (Lipinski definition) is 4. The monoisotopic (exact) mass is 408 g/mol. The van der Waals surface area contributed by atoms with Gasteiger partial charge >= 0.3 is 0 Å². The second-order valence-corrected chi connectivity index (χ2v) is 7.46. The minimum Gasteiger partial charge on any atom is -0.367 e. The van der Waals surface area contributed by atoms with E-state index in [4.69, 9.17) is 0 Å². The van der Waals surface area contributed by atoms with Gasteiger partial charge in [0.2, 0.25) is 0 Å². The van der Waals surface area contributed by atoms with Crippen LogP contribution in [0.3, 0.4) is 0 Å². The molecule has 3 aromatic rings. The summed E-state index contributed by atoms with van der Waals surface area (Å²) < 4.78 is 26.6. The lowest BCUT2D eigenvalue weighted by molar-refractivity contribution is 0.102. The van der Waals surface area contributed by atoms with Gasteiger partial charge in [-0.1, -0.05) is 31.4 Å². The summed E-state index contributed by atoms with van der Waals surface area (Å²) in [4.78, 5) is 21.0. The van der Waals surface area contributed by atoms with Crippen molar-refractivity contribution in [3.8, 4) is 11.3 Å². The molecule has 2 N–H and O–H groups in total. The molecule has 1 heterocycles. The molecular formula is C23H22F2N4O. The highest BCUT2D eigenvalue weighted by Gasteiger charge is 2.14. The number of halogens is 2. The van der Waals surface area contributed by atoms with Crippen LogP contribution < -0.4 is 10.6 Å². The van der Waals surface area contributed by atoms with Crippen LogP contribution in [0.2, 0.25) is 0 Å². The van der Waals surface area contributed by atoms with Crippen LogP contribution in [0.15, 0.2) is 54.9 Å². The first-order valence-electron chi connectivity index (χ1n) is 10.0. The van der Waals surface area contributed by atoms with Gasteiger partial charge in [-0.25, -0.2) is 18.7 Å². The fraction of sp³-hybridized carbons (Fsp3) is 0.261. The van der Waals surface area contributed by atoms with Crippen LogP contribution in [0.25, 0.3) is 11.3 Å². The minimum atomic E-state index is -0.748. The number of nitrogens with one attached hydrogen (secondary N) is 2. The van der Waals surface area contributed by atoms with Gasteiger partial charge in [0, 0.05) is 35.0 Å². The van der Waals surface area contributed by atoms with Crippen molar-refractivity contribution in [2.75, 3.05) is 10.6 Å². The van der Waals surface area contributed by atoms with Gasteiger partial charge in [-0.3, -0.25) is 4.79 Å². The molecule has 0 unspecified atom stereocenters. The topological polar surface area (TPSA) is 66.9 Å². The summed E-state index contributed by atoms with van der Waals surface area (Å²) in [6.07, 6.45) is 7.60. The Hall–Kier alpha value is -3.35. The van der Waals surface area contributed by atoms with Crippen LogP contribution in [-0.4, -0.2) is 21.9 Å². The molecule has 0 atom stereocenters. The van der Waals surface area contributed by atoms with E-state index in [0.29, 0.717) is 11.6 Å². The lowest BCUT2D eigenvalue weighted by Crippen LogP contribution is -2.22. The zero-order valence-electron chi connectivity index (χ0n) is 16.4. The van der Waals surface area contributed by atoms with Crippen molar-refractivity contribution in [1.29, 1.82) is 0 Å². The number of benzene rings is 2. The average molecular weight is 408 g/mol. The first-order valence-corrected chi connectivity index (χ1v) is 10.0. The fourth-order valence-electron chi connectivity index (χ4n) is 3.67. The molecule has 1 fully saturated rings. The molecule has 5 nitrogen and oxygen atoms in total. The molecule has 7 heteroatoms. The van der Waals surface area contributed by atoms with E-state index in [2.05, 4.69) is 20.6 Å². The van der Waals surface area contributed by atoms with Gasteiger partial charge in [-0.15, -0.1) is 0 Å². The van der Waals surface area contributed by atoms with Crippen molar-refractivity contribution in [3.63, 3.8) is 0 Å². The Morgan fingerprint density at radius 1 is 0.900 bits per heavy atom. The number of hydrogen-bond donors (Lipinski definition) is 2. The highest BCUT2D eigenvalue weighted by atomic mass is 19.1. The van der Waals surface area contributed by atoms with E-state index in [1.54, 1.807) is 24.3 Å². The van der Waals surface area contributed by atoms with E-state index >= 15 is 0 Å². The molecule has 1 aromatic heterocycles. The first kappa shape index (κ1) is 19.9. The number of nitrogens with zero attached hydrogens (tertiary/aromatic N) is 2. The van der Waals surface area contributed by atoms with E-state index in [-0.39, 0.29) is 5.69 Å². The van der Waals surface area contributed by atoms with Crippen molar-refractivity contribution in [2.24, 2.45) is 0 Å². The summed E-state index contributed by atoms with van der Waals surface area (Å²) in [6, 6.07) is 12.1. The summed E-state index contributed by atoms with van der Waals surface area (Å²) in [5.74, 6) is -1.15. The van der Waals surface area contributed by atoms with E-state index in [1.807, 2.05) is 6.07 Å². The molecule has 0 aliphatic heterocycles. The third-order valence-electron chi connectivity index (χ3n) is 5.19. The lowest BCUT2D eigenvalue weighted by Gasteiger charge is -2.23. The molecule has 154 valence electrons. The van der Waals surface area contributed by atoms with Gasteiger partial charge in [0.05, 0.1) is 5.69 Å². The van der Waals surface area contributed by atoms with Gasteiger partial charge in [-0.2, -0.15) is 0 Å². The van der Waals surface area contributed by atoms with E-state index in [0.717, 1.165) is 48.1 Å². The SMILES string of the molecule is O=C(Nc1cc(F)cc(F)c1)c1ccc(-c2cc(NC3CCCCC3)ncn2)cc1. The number of carbonyl (C=O) groups is 1. The van der Waals surface area contributed by atoms with Crippen LogP contribution in [0.4, 0.5) is 20.3 Å². The van der Waals surface area contributed by atoms with Gasteiger partial charge in [0.15, 0.2) is 0 Å². The molecule has 1 amide bonds. The Kier molecular flexibility index (Phi) is 5.97. The maximum absolute atomic E-state index is 13.3. The Bertz CT molecular complexity index is 1010. The molecule has 0 bridgehead atoms. The van der Waals surface area contributed by atoms with E-state index in [9.17, 15) is 13.6 Å². The predicted molar refractivity (Wildman–Crippen MR) is 112 cm³/mol. The van der Waals surface area contributed by atoms with E-state index in [1.165, 1.54) is 25.6 Å². The van der Waals surface area contributed by atoms with Crippen molar-refractivity contribution in [2.45, 2.75) is 38.1 Å². The van der Waals surface area contributed by atoms with Crippen LogP contribution in [0.1, 0.15) is 42.5 Å². The predicted octanol–water partition coefficient (Wildman–Crippen LogP) is 5.42. The number of carbonyl (C=O) groups excluding carboxylic acids is 1. The van der Waals surface area contributed by atoms with Crippen LogP contribution in [0, 0.1) is 11.6 Å². The second kappa shape index (κ2) is 8.98. The zero-order chi connectivity index (χ0) is 20.9. The summed E-state index contributed by atoms with van der Waals surface area (Å²) in [6.45, 7) is 0. The maximum Gasteiger partial charge on any atom is 0.255 e. The first-order chi connectivity index (χ1) is 14.6. The molecule has 0 saturated heterocycles. The Morgan fingerprint density at radius 3 is 2.30 bits per heavy atom. The Morgan fingerprint density at radius 2 is 1.60 bits per heavy atom. The second-order valence-electron chi connectivity index (χ2n) is 7.46.